The Morgan fingerprint density at radius 1 is 0.792 bits per heavy atom. The van der Waals surface area contributed by atoms with Gasteiger partial charge in [0.05, 0.1) is 24.4 Å². The van der Waals surface area contributed by atoms with Gasteiger partial charge in [-0.2, -0.15) is 0 Å². The highest BCUT2D eigenvalue weighted by atomic mass is 16.3. The minimum Gasteiger partial charge on any atom is -0.393 e. The van der Waals surface area contributed by atoms with Crippen molar-refractivity contribution in [2.45, 2.75) is 103 Å². The summed E-state index contributed by atoms with van der Waals surface area (Å²) in [5, 5.41) is 39.2. The summed E-state index contributed by atoms with van der Waals surface area (Å²) in [5.41, 5.74) is 5.33. The molecule has 6 atom stereocenters. The SMILES string of the molecule is CCC(C)C(O)C(O)CC(C)CCCCCCC(O)CC(O)CN. The van der Waals surface area contributed by atoms with Crippen LogP contribution in [-0.4, -0.2) is 51.4 Å². The predicted octanol–water partition coefficient (Wildman–Crippen LogP) is 2.19. The molecule has 0 amide bonds. The summed E-state index contributed by atoms with van der Waals surface area (Å²) in [7, 11) is 0. The molecule has 0 aromatic carbocycles. The van der Waals surface area contributed by atoms with Crippen molar-refractivity contribution in [1.82, 2.24) is 0 Å². The van der Waals surface area contributed by atoms with Gasteiger partial charge in [0.1, 0.15) is 0 Å². The van der Waals surface area contributed by atoms with Gasteiger partial charge in [0.2, 0.25) is 0 Å². The quantitative estimate of drug-likeness (QED) is 0.292. The molecule has 0 aromatic heterocycles. The van der Waals surface area contributed by atoms with Crippen molar-refractivity contribution < 1.29 is 20.4 Å². The molecule has 0 aliphatic rings. The fourth-order valence-electron chi connectivity index (χ4n) is 3.04. The van der Waals surface area contributed by atoms with Crippen LogP contribution in [0.2, 0.25) is 0 Å². The van der Waals surface area contributed by atoms with E-state index in [0.717, 1.165) is 38.5 Å². The molecule has 0 radical (unpaired) electrons. The second-order valence-corrected chi connectivity index (χ2v) is 7.55. The Hall–Kier alpha value is -0.200. The fourth-order valence-corrected chi connectivity index (χ4v) is 3.04. The van der Waals surface area contributed by atoms with Gasteiger partial charge in [-0.1, -0.05) is 59.3 Å². The van der Waals surface area contributed by atoms with Crippen LogP contribution in [0.3, 0.4) is 0 Å². The van der Waals surface area contributed by atoms with Crippen LogP contribution in [0, 0.1) is 11.8 Å². The molecular weight excluding hydrogens is 306 g/mol. The lowest BCUT2D eigenvalue weighted by Gasteiger charge is -2.25. The Kier molecular flexibility index (Phi) is 13.9. The summed E-state index contributed by atoms with van der Waals surface area (Å²) in [6.07, 6.45) is 5.61. The Morgan fingerprint density at radius 3 is 1.92 bits per heavy atom. The van der Waals surface area contributed by atoms with Crippen molar-refractivity contribution in [1.29, 1.82) is 0 Å². The molecule has 0 heterocycles. The van der Waals surface area contributed by atoms with E-state index in [1.807, 2.05) is 13.8 Å². The van der Waals surface area contributed by atoms with E-state index in [-0.39, 0.29) is 12.5 Å². The van der Waals surface area contributed by atoms with Gasteiger partial charge in [-0.25, -0.2) is 0 Å². The van der Waals surface area contributed by atoms with E-state index >= 15 is 0 Å². The van der Waals surface area contributed by atoms with E-state index in [1.165, 1.54) is 0 Å². The van der Waals surface area contributed by atoms with Crippen LogP contribution in [0.25, 0.3) is 0 Å². The molecule has 0 saturated carbocycles. The molecule has 5 heteroatoms. The van der Waals surface area contributed by atoms with E-state index in [1.54, 1.807) is 0 Å². The van der Waals surface area contributed by atoms with Crippen molar-refractivity contribution in [3.8, 4) is 0 Å². The van der Waals surface area contributed by atoms with Crippen LogP contribution in [0.1, 0.15) is 78.6 Å². The molecule has 24 heavy (non-hydrogen) atoms. The van der Waals surface area contributed by atoms with Crippen LogP contribution in [-0.2, 0) is 0 Å². The lowest BCUT2D eigenvalue weighted by Crippen LogP contribution is -2.33. The van der Waals surface area contributed by atoms with Gasteiger partial charge in [0.15, 0.2) is 0 Å². The summed E-state index contributed by atoms with van der Waals surface area (Å²) in [6.45, 7) is 6.33. The monoisotopic (exact) mass is 347 g/mol. The minimum absolute atomic E-state index is 0.136. The molecule has 0 aromatic rings. The molecule has 0 aliphatic heterocycles. The van der Waals surface area contributed by atoms with Gasteiger partial charge in [-0.05, 0) is 24.7 Å². The second-order valence-electron chi connectivity index (χ2n) is 7.55. The fraction of sp³-hybridized carbons (Fsp3) is 1.00. The third-order valence-electron chi connectivity index (χ3n) is 5.07. The molecule has 0 rings (SSSR count). The zero-order valence-electron chi connectivity index (χ0n) is 15.9. The normalized spacial score (nSPS) is 19.5. The van der Waals surface area contributed by atoms with Gasteiger partial charge >= 0.3 is 0 Å². The number of rotatable bonds is 15. The standard InChI is InChI=1S/C19H41NO4/c1-4-15(3)19(24)18(23)11-14(2)9-7-5-6-8-10-16(21)12-17(22)13-20/h14-19,21-24H,4-13,20H2,1-3H3. The first-order valence-electron chi connectivity index (χ1n) is 9.74. The number of hydrogen-bond donors (Lipinski definition) is 5. The third-order valence-corrected chi connectivity index (χ3v) is 5.07. The number of nitrogens with two attached hydrogens (primary N) is 1. The zero-order chi connectivity index (χ0) is 18.5. The Labute approximate surface area is 148 Å². The smallest absolute Gasteiger partial charge is 0.0824 e. The average Bonchev–Trinajstić information content (AvgIpc) is 2.55. The van der Waals surface area contributed by atoms with Crippen LogP contribution < -0.4 is 5.73 Å². The molecule has 0 bridgehead atoms. The van der Waals surface area contributed by atoms with Gasteiger partial charge in [-0.3, -0.25) is 0 Å². The lowest BCUT2D eigenvalue weighted by molar-refractivity contribution is -0.0247. The number of hydrogen-bond acceptors (Lipinski definition) is 5. The highest BCUT2D eigenvalue weighted by Gasteiger charge is 2.23. The molecule has 0 fully saturated rings. The van der Waals surface area contributed by atoms with Crippen molar-refractivity contribution in [2.75, 3.05) is 6.54 Å². The maximum Gasteiger partial charge on any atom is 0.0824 e. The van der Waals surface area contributed by atoms with E-state index in [2.05, 4.69) is 6.92 Å². The van der Waals surface area contributed by atoms with Crippen molar-refractivity contribution in [3.63, 3.8) is 0 Å². The second kappa shape index (κ2) is 14.0. The minimum atomic E-state index is -0.626. The number of unbranched alkanes of at least 4 members (excludes halogenated alkanes) is 3. The van der Waals surface area contributed by atoms with Crippen molar-refractivity contribution >= 4 is 0 Å². The van der Waals surface area contributed by atoms with E-state index in [9.17, 15) is 20.4 Å². The summed E-state index contributed by atoms with van der Waals surface area (Å²) in [6, 6.07) is 0. The van der Waals surface area contributed by atoms with Crippen LogP contribution in [0.15, 0.2) is 0 Å². The molecule has 0 aliphatic carbocycles. The summed E-state index contributed by atoms with van der Waals surface area (Å²) >= 11 is 0. The van der Waals surface area contributed by atoms with Crippen LogP contribution in [0.4, 0.5) is 0 Å². The summed E-state index contributed by atoms with van der Waals surface area (Å²) < 4.78 is 0. The molecule has 5 nitrogen and oxygen atoms in total. The molecule has 6 N–H and O–H groups in total. The Balaban J connectivity index is 3.67. The van der Waals surface area contributed by atoms with Crippen LogP contribution in [0.5, 0.6) is 0 Å². The maximum absolute atomic E-state index is 10.1. The largest absolute Gasteiger partial charge is 0.393 e. The summed E-state index contributed by atoms with van der Waals surface area (Å²) in [5.74, 6) is 0.542. The highest BCUT2D eigenvalue weighted by molar-refractivity contribution is 4.74. The molecule has 6 unspecified atom stereocenters. The number of aliphatic hydroxyl groups excluding tert-OH is 4. The first kappa shape index (κ1) is 23.8. The van der Waals surface area contributed by atoms with Gasteiger partial charge in [-0.15, -0.1) is 0 Å². The highest BCUT2D eigenvalue weighted by Crippen LogP contribution is 2.21. The topological polar surface area (TPSA) is 107 Å². The molecular formula is C19H41NO4. The molecule has 0 spiro atoms. The Bertz CT molecular complexity index is 291. The molecule has 0 saturated heterocycles. The van der Waals surface area contributed by atoms with Crippen LogP contribution >= 0.6 is 0 Å². The summed E-state index contributed by atoms with van der Waals surface area (Å²) in [4.78, 5) is 0. The average molecular weight is 348 g/mol. The van der Waals surface area contributed by atoms with E-state index < -0.39 is 24.4 Å². The predicted molar refractivity (Wildman–Crippen MR) is 98.6 cm³/mol. The Morgan fingerprint density at radius 2 is 1.38 bits per heavy atom. The first-order chi connectivity index (χ1) is 11.3. The van der Waals surface area contributed by atoms with Gasteiger partial charge in [0.25, 0.3) is 0 Å². The lowest BCUT2D eigenvalue weighted by atomic mass is 9.89. The first-order valence-corrected chi connectivity index (χ1v) is 9.74. The van der Waals surface area contributed by atoms with E-state index in [4.69, 9.17) is 5.73 Å². The molecule has 146 valence electrons. The van der Waals surface area contributed by atoms with Crippen molar-refractivity contribution in [2.24, 2.45) is 17.6 Å². The van der Waals surface area contributed by atoms with E-state index in [0.29, 0.717) is 25.2 Å². The van der Waals surface area contributed by atoms with Gasteiger partial charge in [0, 0.05) is 13.0 Å². The number of aliphatic hydroxyl groups is 4. The zero-order valence-corrected chi connectivity index (χ0v) is 15.9. The van der Waals surface area contributed by atoms with Crippen molar-refractivity contribution in [3.05, 3.63) is 0 Å². The third kappa shape index (κ3) is 11.4. The maximum atomic E-state index is 10.1. The van der Waals surface area contributed by atoms with Gasteiger partial charge < -0.3 is 26.2 Å².